The average Bonchev–Trinajstić information content (AvgIpc) is 3.31. The first-order valence-electron chi connectivity index (χ1n) is 10.9. The summed E-state index contributed by atoms with van der Waals surface area (Å²) < 4.78 is 17.2. The Labute approximate surface area is 172 Å². The second kappa shape index (κ2) is 8.81. The van der Waals surface area contributed by atoms with E-state index in [9.17, 15) is 0 Å². The molecule has 3 fully saturated rings. The van der Waals surface area contributed by atoms with Gasteiger partial charge in [0.15, 0.2) is 11.6 Å². The fraction of sp³-hybridized carbons (Fsp3) is 0.636. The molecule has 3 aliphatic rings. The summed E-state index contributed by atoms with van der Waals surface area (Å²) in [6.07, 6.45) is 3.54. The van der Waals surface area contributed by atoms with Gasteiger partial charge in [0.2, 0.25) is 0 Å². The van der Waals surface area contributed by atoms with E-state index in [1.165, 1.54) is 0 Å². The van der Waals surface area contributed by atoms with Gasteiger partial charge < -0.3 is 24.0 Å². The van der Waals surface area contributed by atoms with Gasteiger partial charge in [0.05, 0.1) is 43.6 Å². The quantitative estimate of drug-likeness (QED) is 0.767. The molecule has 156 valence electrons. The van der Waals surface area contributed by atoms with Crippen LogP contribution < -0.4 is 9.80 Å². The summed E-state index contributed by atoms with van der Waals surface area (Å²) in [6, 6.07) is 8.15. The molecule has 3 saturated heterocycles. The van der Waals surface area contributed by atoms with Crippen molar-refractivity contribution < 1.29 is 14.2 Å². The van der Waals surface area contributed by atoms with Gasteiger partial charge in [-0.3, -0.25) is 0 Å². The highest BCUT2D eigenvalue weighted by Gasteiger charge is 2.27. The Morgan fingerprint density at radius 1 is 0.828 bits per heavy atom. The Morgan fingerprint density at radius 3 is 2.10 bits per heavy atom. The molecule has 1 aromatic heterocycles. The molecule has 0 saturated carbocycles. The van der Waals surface area contributed by atoms with E-state index in [1.807, 2.05) is 18.2 Å². The maximum Gasteiger partial charge on any atom is 0.172 e. The Balaban J connectivity index is 1.31. The third-order valence-electron chi connectivity index (χ3n) is 6.18. The van der Waals surface area contributed by atoms with Crippen molar-refractivity contribution in [1.82, 2.24) is 9.97 Å². The van der Waals surface area contributed by atoms with Crippen molar-refractivity contribution in [3.05, 3.63) is 24.3 Å². The number of anilines is 2. The smallest absolute Gasteiger partial charge is 0.172 e. The molecule has 0 radical (unpaired) electrons. The molecular weight excluding hydrogens is 368 g/mol. The first-order valence-corrected chi connectivity index (χ1v) is 10.9. The van der Waals surface area contributed by atoms with E-state index in [2.05, 4.69) is 15.9 Å². The van der Waals surface area contributed by atoms with Crippen LogP contribution in [-0.2, 0) is 14.2 Å². The van der Waals surface area contributed by atoms with Crippen molar-refractivity contribution in [2.45, 2.75) is 25.4 Å². The topological polar surface area (TPSA) is 60.0 Å². The summed E-state index contributed by atoms with van der Waals surface area (Å²) in [4.78, 5) is 14.7. The number of morpholine rings is 1. The number of nitrogens with zero attached hydrogens (tertiary/aromatic N) is 4. The fourth-order valence-electron chi connectivity index (χ4n) is 4.40. The number of fused-ring (bicyclic) bond motifs is 1. The first-order chi connectivity index (χ1) is 14.4. The summed E-state index contributed by atoms with van der Waals surface area (Å²) in [5.74, 6) is 2.58. The Morgan fingerprint density at radius 2 is 1.48 bits per heavy atom. The van der Waals surface area contributed by atoms with Crippen molar-refractivity contribution in [2.24, 2.45) is 5.92 Å². The number of benzene rings is 1. The number of aromatic nitrogens is 2. The lowest BCUT2D eigenvalue weighted by molar-refractivity contribution is 0.0131. The lowest BCUT2D eigenvalue weighted by Gasteiger charge is -2.36. The monoisotopic (exact) mass is 398 g/mol. The van der Waals surface area contributed by atoms with Crippen molar-refractivity contribution in [3.63, 3.8) is 0 Å². The normalized spacial score (nSPS) is 23.8. The molecule has 7 nitrogen and oxygen atoms in total. The number of para-hydroxylation sites is 2. The third-order valence-corrected chi connectivity index (χ3v) is 6.18. The van der Waals surface area contributed by atoms with Gasteiger partial charge in [-0.15, -0.1) is 0 Å². The first kappa shape index (κ1) is 19.0. The van der Waals surface area contributed by atoms with Crippen molar-refractivity contribution >= 4 is 22.7 Å². The molecule has 1 aromatic carbocycles. The zero-order chi connectivity index (χ0) is 19.5. The molecular formula is C22H30N4O3. The molecule has 4 heterocycles. The minimum absolute atomic E-state index is 0.340. The standard InChI is InChI=1S/C22H30N4O3/c1-2-4-20-19(3-1)23-21(22(24-20)26-10-13-27-14-11-26)25-8-5-18(6-9-25)29-16-17-7-12-28-15-17/h1-4,17-18H,5-16H2. The van der Waals surface area contributed by atoms with Crippen LogP contribution >= 0.6 is 0 Å². The van der Waals surface area contributed by atoms with Crippen LogP contribution in [0.3, 0.4) is 0 Å². The summed E-state index contributed by atoms with van der Waals surface area (Å²) >= 11 is 0. The molecule has 29 heavy (non-hydrogen) atoms. The van der Waals surface area contributed by atoms with E-state index in [-0.39, 0.29) is 0 Å². The zero-order valence-corrected chi connectivity index (χ0v) is 17.0. The summed E-state index contributed by atoms with van der Waals surface area (Å²) in [5.41, 5.74) is 1.91. The van der Waals surface area contributed by atoms with Crippen LogP contribution in [-0.4, -0.2) is 75.3 Å². The van der Waals surface area contributed by atoms with Gasteiger partial charge in [0.1, 0.15) is 0 Å². The van der Waals surface area contributed by atoms with Gasteiger partial charge in [-0.1, -0.05) is 12.1 Å². The number of ether oxygens (including phenoxy) is 3. The van der Waals surface area contributed by atoms with Crippen molar-refractivity contribution in [1.29, 1.82) is 0 Å². The molecule has 0 N–H and O–H groups in total. The van der Waals surface area contributed by atoms with Crippen LogP contribution in [0.4, 0.5) is 11.6 Å². The predicted molar refractivity (Wildman–Crippen MR) is 113 cm³/mol. The third kappa shape index (κ3) is 4.32. The molecule has 0 amide bonds. The molecule has 0 bridgehead atoms. The van der Waals surface area contributed by atoms with Gasteiger partial charge in [-0.2, -0.15) is 0 Å². The SMILES string of the molecule is c1ccc2nc(N3CCC(OCC4CCOC4)CC3)c(N3CCOCC3)nc2c1. The summed E-state index contributed by atoms with van der Waals surface area (Å²) in [6.45, 7) is 7.70. The molecule has 1 unspecified atom stereocenters. The van der Waals surface area contributed by atoms with E-state index in [1.54, 1.807) is 0 Å². The second-order valence-electron chi connectivity index (χ2n) is 8.21. The maximum absolute atomic E-state index is 6.20. The van der Waals surface area contributed by atoms with Gasteiger partial charge >= 0.3 is 0 Å². The van der Waals surface area contributed by atoms with E-state index in [0.717, 1.165) is 101 Å². The molecule has 7 heteroatoms. The Kier molecular flexibility index (Phi) is 5.78. The summed E-state index contributed by atoms with van der Waals surface area (Å²) in [7, 11) is 0. The van der Waals surface area contributed by atoms with E-state index < -0.39 is 0 Å². The van der Waals surface area contributed by atoms with Crippen molar-refractivity contribution in [3.8, 4) is 0 Å². The highest BCUT2D eigenvalue weighted by atomic mass is 16.5. The van der Waals surface area contributed by atoms with Gasteiger partial charge in [0, 0.05) is 38.7 Å². The van der Waals surface area contributed by atoms with E-state index in [4.69, 9.17) is 24.2 Å². The number of rotatable bonds is 5. The van der Waals surface area contributed by atoms with E-state index in [0.29, 0.717) is 12.0 Å². The minimum atomic E-state index is 0.340. The van der Waals surface area contributed by atoms with Crippen LogP contribution in [0.15, 0.2) is 24.3 Å². The van der Waals surface area contributed by atoms with Crippen LogP contribution in [0, 0.1) is 5.92 Å². The molecule has 1 atom stereocenters. The second-order valence-corrected chi connectivity index (χ2v) is 8.21. The van der Waals surface area contributed by atoms with E-state index >= 15 is 0 Å². The highest BCUT2D eigenvalue weighted by Crippen LogP contribution is 2.31. The largest absolute Gasteiger partial charge is 0.381 e. The number of piperidine rings is 1. The van der Waals surface area contributed by atoms with Crippen LogP contribution in [0.25, 0.3) is 11.0 Å². The highest BCUT2D eigenvalue weighted by molar-refractivity contribution is 5.81. The zero-order valence-electron chi connectivity index (χ0n) is 17.0. The fourth-order valence-corrected chi connectivity index (χ4v) is 4.40. The molecule has 3 aliphatic heterocycles. The van der Waals surface area contributed by atoms with Gasteiger partial charge in [-0.25, -0.2) is 9.97 Å². The maximum atomic E-state index is 6.20. The number of hydrogen-bond acceptors (Lipinski definition) is 7. The molecule has 2 aromatic rings. The van der Waals surface area contributed by atoms with Crippen molar-refractivity contribution in [2.75, 3.05) is 69.0 Å². The Bertz CT molecular complexity index is 813. The molecule has 0 aliphatic carbocycles. The molecule has 0 spiro atoms. The average molecular weight is 399 g/mol. The van der Waals surface area contributed by atoms with Crippen LogP contribution in [0.2, 0.25) is 0 Å². The Hall–Kier alpha value is -1.96. The minimum Gasteiger partial charge on any atom is -0.381 e. The lowest BCUT2D eigenvalue weighted by Crippen LogP contribution is -2.41. The predicted octanol–water partition coefficient (Wildman–Crippen LogP) is 2.49. The van der Waals surface area contributed by atoms with Gasteiger partial charge in [-0.05, 0) is 31.4 Å². The summed E-state index contributed by atoms with van der Waals surface area (Å²) in [5, 5.41) is 0. The molecule has 5 rings (SSSR count). The number of hydrogen-bond donors (Lipinski definition) is 0. The lowest BCUT2D eigenvalue weighted by atomic mass is 10.1. The van der Waals surface area contributed by atoms with Crippen LogP contribution in [0.1, 0.15) is 19.3 Å². The van der Waals surface area contributed by atoms with Crippen LogP contribution in [0.5, 0.6) is 0 Å². The van der Waals surface area contributed by atoms with Gasteiger partial charge in [0.25, 0.3) is 0 Å².